The summed E-state index contributed by atoms with van der Waals surface area (Å²) in [7, 11) is 0. The first kappa shape index (κ1) is 16.7. The van der Waals surface area contributed by atoms with Crippen LogP contribution < -0.4 is 0 Å². The lowest BCUT2D eigenvalue weighted by molar-refractivity contribution is 0.259. The van der Waals surface area contributed by atoms with Crippen LogP contribution in [0.15, 0.2) is 42.6 Å². The van der Waals surface area contributed by atoms with Gasteiger partial charge in [0.2, 0.25) is 0 Å². The normalized spacial score (nSPS) is 20.5. The highest BCUT2D eigenvalue weighted by Gasteiger charge is 2.19. The topological polar surface area (TPSA) is 36.7 Å². The Kier molecular flexibility index (Phi) is 5.64. The van der Waals surface area contributed by atoms with Crippen molar-refractivity contribution in [1.29, 1.82) is 5.26 Å². The summed E-state index contributed by atoms with van der Waals surface area (Å²) >= 11 is 0. The van der Waals surface area contributed by atoms with Crippen molar-refractivity contribution in [3.05, 3.63) is 53.7 Å². The molecular formula is C22H26N2. The molecule has 0 radical (unpaired) electrons. The lowest BCUT2D eigenvalue weighted by Gasteiger charge is -2.27. The van der Waals surface area contributed by atoms with Crippen LogP contribution in [0, 0.1) is 23.2 Å². The number of aromatic nitrogens is 1. The summed E-state index contributed by atoms with van der Waals surface area (Å²) < 4.78 is 0. The Morgan fingerprint density at radius 3 is 2.29 bits per heavy atom. The molecule has 0 spiro atoms. The molecule has 124 valence electrons. The maximum absolute atomic E-state index is 8.86. The molecule has 1 saturated carbocycles. The minimum Gasteiger partial charge on any atom is -0.256 e. The summed E-state index contributed by atoms with van der Waals surface area (Å²) in [4.78, 5) is 4.61. The Balaban J connectivity index is 1.54. The number of pyridine rings is 1. The van der Waals surface area contributed by atoms with E-state index in [-0.39, 0.29) is 0 Å². The fourth-order valence-electron chi connectivity index (χ4n) is 3.76. The predicted octanol–water partition coefficient (Wildman–Crippen LogP) is 5.77. The van der Waals surface area contributed by atoms with Gasteiger partial charge in [0.15, 0.2) is 0 Å². The van der Waals surface area contributed by atoms with Crippen molar-refractivity contribution in [3.8, 4) is 17.3 Å². The molecule has 0 saturated heterocycles. The van der Waals surface area contributed by atoms with Crippen molar-refractivity contribution in [3.63, 3.8) is 0 Å². The first-order valence-electron chi connectivity index (χ1n) is 9.24. The lowest BCUT2D eigenvalue weighted by Crippen LogP contribution is -2.14. The fourth-order valence-corrected chi connectivity index (χ4v) is 3.76. The fraction of sp³-hybridized carbons (Fsp3) is 0.455. The van der Waals surface area contributed by atoms with Crippen LogP contribution in [0.1, 0.15) is 56.6 Å². The van der Waals surface area contributed by atoms with Gasteiger partial charge in [-0.1, -0.05) is 57.2 Å². The average Bonchev–Trinajstić information content (AvgIpc) is 2.67. The van der Waals surface area contributed by atoms with E-state index in [0.29, 0.717) is 5.56 Å². The molecule has 0 N–H and O–H groups in total. The van der Waals surface area contributed by atoms with E-state index < -0.39 is 0 Å². The van der Waals surface area contributed by atoms with Crippen LogP contribution in [0.3, 0.4) is 0 Å². The van der Waals surface area contributed by atoms with Crippen molar-refractivity contribution in [2.24, 2.45) is 11.8 Å². The van der Waals surface area contributed by atoms with E-state index >= 15 is 0 Å². The predicted molar refractivity (Wildman–Crippen MR) is 98.4 cm³/mol. The Bertz CT molecular complexity index is 671. The second-order valence-corrected chi connectivity index (χ2v) is 7.07. The molecular weight excluding hydrogens is 292 g/mol. The molecule has 2 nitrogen and oxygen atoms in total. The molecule has 1 heterocycles. The molecule has 1 aliphatic carbocycles. The molecule has 0 aliphatic heterocycles. The number of hydrogen-bond donors (Lipinski definition) is 0. The van der Waals surface area contributed by atoms with E-state index in [1.807, 2.05) is 30.5 Å². The summed E-state index contributed by atoms with van der Waals surface area (Å²) in [5, 5.41) is 8.86. The lowest BCUT2D eigenvalue weighted by atomic mass is 9.79. The third-order valence-corrected chi connectivity index (χ3v) is 5.52. The average molecular weight is 318 g/mol. The highest BCUT2D eigenvalue weighted by Crippen LogP contribution is 2.33. The van der Waals surface area contributed by atoms with Gasteiger partial charge in [-0.3, -0.25) is 4.98 Å². The number of benzene rings is 1. The van der Waals surface area contributed by atoms with Gasteiger partial charge in [0.25, 0.3) is 0 Å². The molecule has 2 aromatic rings. The van der Waals surface area contributed by atoms with Gasteiger partial charge < -0.3 is 0 Å². The van der Waals surface area contributed by atoms with Crippen LogP contribution in [0.5, 0.6) is 0 Å². The molecule has 0 amide bonds. The highest BCUT2D eigenvalue weighted by atomic mass is 14.7. The number of rotatable bonds is 5. The number of nitrogens with zero attached hydrogens (tertiary/aromatic N) is 2. The minimum absolute atomic E-state index is 0.688. The Morgan fingerprint density at radius 1 is 1.00 bits per heavy atom. The number of hydrogen-bond acceptors (Lipinski definition) is 2. The summed E-state index contributed by atoms with van der Waals surface area (Å²) in [6.45, 7) is 2.33. The second-order valence-electron chi connectivity index (χ2n) is 7.07. The third-order valence-electron chi connectivity index (χ3n) is 5.52. The molecule has 1 aromatic carbocycles. The molecule has 1 aromatic heterocycles. The Labute approximate surface area is 145 Å². The molecule has 0 bridgehead atoms. The molecule has 1 fully saturated rings. The molecule has 2 heteroatoms. The van der Waals surface area contributed by atoms with Crippen molar-refractivity contribution < 1.29 is 0 Å². The largest absolute Gasteiger partial charge is 0.256 e. The molecule has 3 rings (SSSR count). The first-order chi connectivity index (χ1) is 11.8. The van der Waals surface area contributed by atoms with Crippen LogP contribution in [-0.2, 0) is 6.42 Å². The van der Waals surface area contributed by atoms with Gasteiger partial charge in [-0.2, -0.15) is 5.26 Å². The molecule has 0 unspecified atom stereocenters. The van der Waals surface area contributed by atoms with E-state index in [4.69, 9.17) is 5.26 Å². The van der Waals surface area contributed by atoms with Gasteiger partial charge in [0, 0.05) is 11.8 Å². The van der Waals surface area contributed by atoms with Gasteiger partial charge in [-0.05, 0) is 48.4 Å². The van der Waals surface area contributed by atoms with Crippen LogP contribution in [-0.4, -0.2) is 4.98 Å². The quantitative estimate of drug-likeness (QED) is 0.701. The Morgan fingerprint density at radius 2 is 1.71 bits per heavy atom. The van der Waals surface area contributed by atoms with Crippen LogP contribution >= 0.6 is 0 Å². The number of nitriles is 1. The van der Waals surface area contributed by atoms with Crippen molar-refractivity contribution >= 4 is 0 Å². The van der Waals surface area contributed by atoms with Gasteiger partial charge in [0.1, 0.15) is 0 Å². The summed E-state index contributed by atoms with van der Waals surface area (Å²) in [5.74, 6) is 1.89. The standard InChI is InChI=1S/C22H26N2/c1-2-17-3-5-18(6-4-17)7-8-20-11-14-22(24-16-20)21-12-9-19(15-23)10-13-21/h9-14,16-18H,2-8H2,1H3. The Hall–Kier alpha value is -2.14. The maximum atomic E-state index is 8.86. The van der Waals surface area contributed by atoms with Crippen molar-refractivity contribution in [1.82, 2.24) is 4.98 Å². The molecule has 0 atom stereocenters. The zero-order valence-corrected chi connectivity index (χ0v) is 14.5. The molecule has 1 aliphatic rings. The third kappa shape index (κ3) is 4.23. The van der Waals surface area contributed by atoms with E-state index in [1.54, 1.807) is 0 Å². The van der Waals surface area contributed by atoms with Crippen molar-refractivity contribution in [2.75, 3.05) is 0 Å². The van der Waals surface area contributed by atoms with E-state index in [2.05, 4.69) is 30.1 Å². The van der Waals surface area contributed by atoms with Gasteiger partial charge in [-0.15, -0.1) is 0 Å². The zero-order chi connectivity index (χ0) is 16.8. The smallest absolute Gasteiger partial charge is 0.0991 e. The highest BCUT2D eigenvalue weighted by molar-refractivity contribution is 5.60. The van der Waals surface area contributed by atoms with Crippen LogP contribution in [0.25, 0.3) is 11.3 Å². The zero-order valence-electron chi connectivity index (χ0n) is 14.5. The van der Waals surface area contributed by atoms with Crippen LogP contribution in [0.2, 0.25) is 0 Å². The van der Waals surface area contributed by atoms with Crippen LogP contribution in [0.4, 0.5) is 0 Å². The van der Waals surface area contributed by atoms with E-state index in [0.717, 1.165) is 29.5 Å². The SMILES string of the molecule is CCC1CCC(CCc2ccc(-c3ccc(C#N)cc3)nc2)CC1. The minimum atomic E-state index is 0.688. The maximum Gasteiger partial charge on any atom is 0.0991 e. The van der Waals surface area contributed by atoms with Crippen molar-refractivity contribution in [2.45, 2.75) is 51.9 Å². The van der Waals surface area contributed by atoms with Gasteiger partial charge >= 0.3 is 0 Å². The van der Waals surface area contributed by atoms with Gasteiger partial charge in [0.05, 0.1) is 17.3 Å². The molecule has 24 heavy (non-hydrogen) atoms. The summed E-state index contributed by atoms with van der Waals surface area (Å²) in [6.07, 6.45) is 11.5. The monoisotopic (exact) mass is 318 g/mol. The number of aryl methyl sites for hydroxylation is 1. The second kappa shape index (κ2) is 8.11. The van der Waals surface area contributed by atoms with Gasteiger partial charge in [-0.25, -0.2) is 0 Å². The summed E-state index contributed by atoms with van der Waals surface area (Å²) in [5.41, 5.74) is 4.07. The van der Waals surface area contributed by atoms with E-state index in [1.165, 1.54) is 44.1 Å². The summed E-state index contributed by atoms with van der Waals surface area (Å²) in [6, 6.07) is 14.1. The van der Waals surface area contributed by atoms with E-state index in [9.17, 15) is 0 Å². The first-order valence-corrected chi connectivity index (χ1v) is 9.24.